The lowest BCUT2D eigenvalue weighted by atomic mass is 9.96. The Bertz CT molecular complexity index is 1230. The standard InChI is InChI=1S/C25H29N7O/c1-17-15-32-23(28-24(17)30-13-10-19(27)16-30)14-21(29-32)22-8-4-5-12-31(22)25(33)20-7-3-2-6-18(20)9-11-26/h2-3,6-7,14-15,19,22H,4-5,8-10,12-13,16,27H2,1H3/t19-,22-/m0/s1. The number of amides is 1. The molecule has 0 radical (unpaired) electrons. The van der Waals surface area contributed by atoms with Crippen LogP contribution in [0.1, 0.15) is 58.9 Å². The Labute approximate surface area is 193 Å². The average Bonchev–Trinajstić information content (AvgIpc) is 3.44. The Hall–Kier alpha value is -3.44. The summed E-state index contributed by atoms with van der Waals surface area (Å²) in [5.41, 5.74) is 10.2. The molecular formula is C25H29N7O. The zero-order valence-corrected chi connectivity index (χ0v) is 18.9. The first-order valence-electron chi connectivity index (χ1n) is 11.7. The van der Waals surface area contributed by atoms with Gasteiger partial charge >= 0.3 is 0 Å². The molecule has 2 aliphatic rings. The number of carbonyl (C=O) groups excluding carboxylic acids is 1. The third kappa shape index (κ3) is 4.05. The van der Waals surface area contributed by atoms with Crippen molar-refractivity contribution in [2.75, 3.05) is 24.5 Å². The first-order chi connectivity index (χ1) is 16.0. The molecule has 0 bridgehead atoms. The summed E-state index contributed by atoms with van der Waals surface area (Å²) in [5.74, 6) is 0.933. The average molecular weight is 444 g/mol. The van der Waals surface area contributed by atoms with E-state index >= 15 is 0 Å². The largest absolute Gasteiger partial charge is 0.355 e. The van der Waals surface area contributed by atoms with E-state index in [0.717, 1.165) is 67.1 Å². The van der Waals surface area contributed by atoms with Crippen LogP contribution in [0.2, 0.25) is 0 Å². The number of fused-ring (bicyclic) bond motifs is 1. The zero-order chi connectivity index (χ0) is 22.9. The summed E-state index contributed by atoms with van der Waals surface area (Å²) in [6, 6.07) is 11.7. The molecule has 2 atom stereocenters. The number of rotatable bonds is 4. The highest BCUT2D eigenvalue weighted by atomic mass is 16.2. The Morgan fingerprint density at radius 2 is 2.09 bits per heavy atom. The van der Waals surface area contributed by atoms with Crippen molar-refractivity contribution >= 4 is 17.4 Å². The Morgan fingerprint density at radius 1 is 1.24 bits per heavy atom. The fourth-order valence-corrected chi connectivity index (χ4v) is 5.09. The monoisotopic (exact) mass is 443 g/mol. The minimum Gasteiger partial charge on any atom is -0.355 e. The number of benzene rings is 1. The van der Waals surface area contributed by atoms with Crippen LogP contribution < -0.4 is 10.6 Å². The van der Waals surface area contributed by atoms with Gasteiger partial charge in [0.25, 0.3) is 5.91 Å². The van der Waals surface area contributed by atoms with Crippen LogP contribution in [0.3, 0.4) is 0 Å². The second-order valence-corrected chi connectivity index (χ2v) is 9.12. The maximum atomic E-state index is 13.6. The smallest absolute Gasteiger partial charge is 0.254 e. The van der Waals surface area contributed by atoms with Crippen molar-refractivity contribution in [1.29, 1.82) is 5.26 Å². The third-order valence-corrected chi connectivity index (χ3v) is 6.77. The number of aromatic nitrogens is 3. The molecule has 1 aromatic carbocycles. The highest BCUT2D eigenvalue weighted by Gasteiger charge is 2.32. The van der Waals surface area contributed by atoms with Crippen molar-refractivity contribution in [2.45, 2.75) is 51.1 Å². The molecule has 5 rings (SSSR count). The van der Waals surface area contributed by atoms with E-state index < -0.39 is 0 Å². The van der Waals surface area contributed by atoms with Gasteiger partial charge in [-0.3, -0.25) is 4.79 Å². The Balaban J connectivity index is 1.47. The molecule has 1 amide bonds. The Kier molecular flexibility index (Phi) is 5.73. The summed E-state index contributed by atoms with van der Waals surface area (Å²) < 4.78 is 1.82. The fourth-order valence-electron chi connectivity index (χ4n) is 5.09. The number of likely N-dealkylation sites (tertiary alicyclic amines) is 1. The summed E-state index contributed by atoms with van der Waals surface area (Å²) in [6.07, 6.45) is 6.09. The van der Waals surface area contributed by atoms with E-state index in [9.17, 15) is 10.1 Å². The van der Waals surface area contributed by atoms with Crippen molar-refractivity contribution in [3.05, 3.63) is 58.9 Å². The van der Waals surface area contributed by atoms with Crippen molar-refractivity contribution in [2.24, 2.45) is 5.73 Å². The number of hydrogen-bond donors (Lipinski definition) is 1. The number of nitrogens with zero attached hydrogens (tertiary/aromatic N) is 6. The minimum atomic E-state index is -0.105. The zero-order valence-electron chi connectivity index (χ0n) is 18.9. The molecule has 2 aliphatic heterocycles. The molecule has 0 unspecified atom stereocenters. The molecular weight excluding hydrogens is 414 g/mol. The fraction of sp³-hybridized carbons (Fsp3) is 0.440. The first-order valence-corrected chi connectivity index (χ1v) is 11.7. The molecule has 4 heterocycles. The molecule has 2 fully saturated rings. The van der Waals surface area contributed by atoms with Gasteiger partial charge in [0.1, 0.15) is 5.82 Å². The molecule has 3 aromatic rings. The van der Waals surface area contributed by atoms with Crippen LogP contribution in [0.4, 0.5) is 5.82 Å². The number of nitriles is 1. The lowest BCUT2D eigenvalue weighted by Crippen LogP contribution is -2.39. The molecule has 2 N–H and O–H groups in total. The molecule has 0 saturated carbocycles. The van der Waals surface area contributed by atoms with Gasteiger partial charge in [-0.1, -0.05) is 18.2 Å². The predicted octanol–water partition coefficient (Wildman–Crippen LogP) is 3.01. The van der Waals surface area contributed by atoms with Gasteiger partial charge in [-0.25, -0.2) is 9.50 Å². The molecule has 2 aromatic heterocycles. The topological polar surface area (TPSA) is 104 Å². The number of carbonyl (C=O) groups is 1. The maximum absolute atomic E-state index is 13.6. The van der Waals surface area contributed by atoms with E-state index in [-0.39, 0.29) is 24.4 Å². The summed E-state index contributed by atoms with van der Waals surface area (Å²) in [7, 11) is 0. The number of aryl methyl sites for hydroxylation is 1. The van der Waals surface area contributed by atoms with Crippen LogP contribution in [0.15, 0.2) is 36.5 Å². The first kappa shape index (κ1) is 21.4. The summed E-state index contributed by atoms with van der Waals surface area (Å²) >= 11 is 0. The molecule has 2 saturated heterocycles. The molecule has 170 valence electrons. The van der Waals surface area contributed by atoms with Crippen molar-refractivity contribution in [1.82, 2.24) is 19.5 Å². The summed E-state index contributed by atoms with van der Waals surface area (Å²) in [5, 5.41) is 14.0. The van der Waals surface area contributed by atoms with Gasteiger partial charge in [-0.05, 0) is 44.2 Å². The van der Waals surface area contributed by atoms with E-state index in [2.05, 4.69) is 17.9 Å². The normalized spacial score (nSPS) is 20.9. The maximum Gasteiger partial charge on any atom is 0.254 e. The second kappa shape index (κ2) is 8.83. The lowest BCUT2D eigenvalue weighted by molar-refractivity contribution is 0.0604. The van der Waals surface area contributed by atoms with E-state index in [1.807, 2.05) is 45.9 Å². The number of hydrogen-bond acceptors (Lipinski definition) is 6. The van der Waals surface area contributed by atoms with Gasteiger partial charge in [0.2, 0.25) is 0 Å². The Morgan fingerprint density at radius 3 is 2.88 bits per heavy atom. The lowest BCUT2D eigenvalue weighted by Gasteiger charge is -2.35. The van der Waals surface area contributed by atoms with E-state index in [4.69, 9.17) is 15.8 Å². The van der Waals surface area contributed by atoms with Crippen LogP contribution in [-0.2, 0) is 6.42 Å². The van der Waals surface area contributed by atoms with Crippen LogP contribution in [0, 0.1) is 18.3 Å². The molecule has 8 nitrogen and oxygen atoms in total. The van der Waals surface area contributed by atoms with E-state index in [1.54, 1.807) is 0 Å². The summed E-state index contributed by atoms with van der Waals surface area (Å²) in [6.45, 7) is 4.47. The van der Waals surface area contributed by atoms with Crippen LogP contribution >= 0.6 is 0 Å². The SMILES string of the molecule is Cc1cn2nc([C@@H]3CCCCN3C(=O)c3ccccc3CC#N)cc2nc1N1CC[C@H](N)C1. The number of anilines is 1. The van der Waals surface area contributed by atoms with E-state index in [0.29, 0.717) is 12.1 Å². The third-order valence-electron chi connectivity index (χ3n) is 6.77. The van der Waals surface area contributed by atoms with Crippen molar-refractivity contribution in [3.63, 3.8) is 0 Å². The molecule has 33 heavy (non-hydrogen) atoms. The molecule has 0 aliphatic carbocycles. The molecule has 0 spiro atoms. The van der Waals surface area contributed by atoms with Crippen molar-refractivity contribution < 1.29 is 4.79 Å². The molecule has 8 heteroatoms. The van der Waals surface area contributed by atoms with Crippen LogP contribution in [-0.4, -0.2) is 51.1 Å². The van der Waals surface area contributed by atoms with E-state index in [1.165, 1.54) is 0 Å². The summed E-state index contributed by atoms with van der Waals surface area (Å²) in [4.78, 5) is 22.6. The van der Waals surface area contributed by atoms with Gasteiger partial charge in [0, 0.05) is 49.1 Å². The van der Waals surface area contributed by atoms with Gasteiger partial charge in [-0.15, -0.1) is 0 Å². The van der Waals surface area contributed by atoms with Crippen molar-refractivity contribution in [3.8, 4) is 6.07 Å². The van der Waals surface area contributed by atoms with Gasteiger partial charge < -0.3 is 15.5 Å². The van der Waals surface area contributed by atoms with Gasteiger partial charge in [-0.2, -0.15) is 10.4 Å². The minimum absolute atomic E-state index is 0.0292. The quantitative estimate of drug-likeness (QED) is 0.665. The van der Waals surface area contributed by atoms with Crippen LogP contribution in [0.25, 0.3) is 5.65 Å². The number of piperidine rings is 1. The van der Waals surface area contributed by atoms with Gasteiger partial charge in [0.15, 0.2) is 5.65 Å². The second-order valence-electron chi connectivity index (χ2n) is 9.12. The van der Waals surface area contributed by atoms with Crippen LogP contribution in [0.5, 0.6) is 0 Å². The predicted molar refractivity (Wildman–Crippen MR) is 126 cm³/mol. The highest BCUT2D eigenvalue weighted by molar-refractivity contribution is 5.96. The van der Waals surface area contributed by atoms with Gasteiger partial charge in [0.05, 0.1) is 24.2 Å². The highest BCUT2D eigenvalue weighted by Crippen LogP contribution is 2.33. The number of nitrogens with two attached hydrogens (primary N) is 1.